The van der Waals surface area contributed by atoms with Gasteiger partial charge in [0.1, 0.15) is 0 Å². The summed E-state index contributed by atoms with van der Waals surface area (Å²) in [5.41, 5.74) is 0. The SMILES string of the molecule is CC(C)CCN1C(N2CCOCC2)=NC2C1C(=O)NC(=O)N2C. The van der Waals surface area contributed by atoms with E-state index < -0.39 is 12.2 Å². The van der Waals surface area contributed by atoms with Crippen LogP contribution in [-0.2, 0) is 9.53 Å². The molecule has 0 bridgehead atoms. The van der Waals surface area contributed by atoms with Crippen LogP contribution in [0.3, 0.4) is 0 Å². The molecular formula is C15H25N5O3. The van der Waals surface area contributed by atoms with Crippen LogP contribution in [0.1, 0.15) is 20.3 Å². The summed E-state index contributed by atoms with van der Waals surface area (Å²) in [6.45, 7) is 7.92. The maximum absolute atomic E-state index is 12.4. The number of urea groups is 1. The van der Waals surface area contributed by atoms with Crippen LogP contribution in [0.25, 0.3) is 0 Å². The fourth-order valence-electron chi connectivity index (χ4n) is 3.17. The number of imide groups is 1. The summed E-state index contributed by atoms with van der Waals surface area (Å²) in [4.78, 5) is 34.7. The number of fused-ring (bicyclic) bond motifs is 1. The molecular weight excluding hydrogens is 298 g/mol. The van der Waals surface area contributed by atoms with Gasteiger partial charge in [0.05, 0.1) is 13.2 Å². The van der Waals surface area contributed by atoms with Crippen LogP contribution in [0, 0.1) is 5.92 Å². The molecule has 0 saturated carbocycles. The van der Waals surface area contributed by atoms with E-state index in [1.807, 2.05) is 0 Å². The van der Waals surface area contributed by atoms with Crippen molar-refractivity contribution in [3.8, 4) is 0 Å². The number of likely N-dealkylation sites (N-methyl/N-ethyl adjacent to an activating group) is 1. The second kappa shape index (κ2) is 6.35. The van der Waals surface area contributed by atoms with Crippen LogP contribution in [0.5, 0.6) is 0 Å². The summed E-state index contributed by atoms with van der Waals surface area (Å²) in [7, 11) is 1.69. The fraction of sp³-hybridized carbons (Fsp3) is 0.800. The molecule has 2 saturated heterocycles. The maximum Gasteiger partial charge on any atom is 0.325 e. The van der Waals surface area contributed by atoms with Crippen LogP contribution in [0.4, 0.5) is 4.79 Å². The molecule has 128 valence electrons. The monoisotopic (exact) mass is 323 g/mol. The topological polar surface area (TPSA) is 77.5 Å². The molecule has 3 rings (SSSR count). The average molecular weight is 323 g/mol. The number of rotatable bonds is 3. The lowest BCUT2D eigenvalue weighted by Gasteiger charge is -2.38. The standard InChI is InChI=1S/C15H25N5O3/c1-10(2)4-5-20-11-12(18(3)15(22)17-13(11)21)16-14(20)19-6-8-23-9-7-19/h10-12H,4-9H2,1-3H3,(H,17,21,22). The van der Waals surface area contributed by atoms with Crippen molar-refractivity contribution in [3.63, 3.8) is 0 Å². The van der Waals surface area contributed by atoms with Crippen molar-refractivity contribution < 1.29 is 14.3 Å². The Morgan fingerprint density at radius 3 is 2.65 bits per heavy atom. The number of amides is 3. The van der Waals surface area contributed by atoms with Gasteiger partial charge in [-0.05, 0) is 12.3 Å². The predicted octanol–water partition coefficient (Wildman–Crippen LogP) is -0.0874. The summed E-state index contributed by atoms with van der Waals surface area (Å²) in [6.07, 6.45) is 0.526. The first-order valence-electron chi connectivity index (χ1n) is 8.24. The summed E-state index contributed by atoms with van der Waals surface area (Å²) >= 11 is 0. The largest absolute Gasteiger partial charge is 0.378 e. The zero-order valence-corrected chi connectivity index (χ0v) is 14.0. The molecule has 2 unspecified atom stereocenters. The third-order valence-electron chi connectivity index (χ3n) is 4.58. The van der Waals surface area contributed by atoms with Crippen molar-refractivity contribution in [2.45, 2.75) is 32.5 Å². The Bertz CT molecular complexity index is 515. The van der Waals surface area contributed by atoms with E-state index in [2.05, 4.69) is 29.0 Å². The lowest BCUT2D eigenvalue weighted by Crippen LogP contribution is -2.64. The number of carbonyl (C=O) groups is 2. The molecule has 3 amide bonds. The minimum Gasteiger partial charge on any atom is -0.378 e. The van der Waals surface area contributed by atoms with Gasteiger partial charge < -0.3 is 19.4 Å². The highest BCUT2D eigenvalue weighted by molar-refractivity contribution is 6.03. The lowest BCUT2D eigenvalue weighted by molar-refractivity contribution is -0.127. The summed E-state index contributed by atoms with van der Waals surface area (Å²) in [5.74, 6) is 1.10. The third kappa shape index (κ3) is 2.99. The van der Waals surface area contributed by atoms with Crippen LogP contribution < -0.4 is 5.32 Å². The fourth-order valence-corrected chi connectivity index (χ4v) is 3.17. The smallest absolute Gasteiger partial charge is 0.325 e. The van der Waals surface area contributed by atoms with Crippen molar-refractivity contribution >= 4 is 17.9 Å². The zero-order valence-electron chi connectivity index (χ0n) is 14.0. The van der Waals surface area contributed by atoms with E-state index in [-0.39, 0.29) is 11.9 Å². The molecule has 0 aromatic carbocycles. The van der Waals surface area contributed by atoms with Gasteiger partial charge >= 0.3 is 6.03 Å². The quantitative estimate of drug-likeness (QED) is 0.786. The van der Waals surface area contributed by atoms with Gasteiger partial charge in [0.25, 0.3) is 5.91 Å². The molecule has 2 fully saturated rings. The molecule has 0 spiro atoms. The second-order valence-electron chi connectivity index (χ2n) is 6.67. The van der Waals surface area contributed by atoms with Crippen LogP contribution >= 0.6 is 0 Å². The van der Waals surface area contributed by atoms with Gasteiger partial charge in [-0.15, -0.1) is 0 Å². The molecule has 0 aromatic heterocycles. The van der Waals surface area contributed by atoms with Crippen LogP contribution in [0.2, 0.25) is 0 Å². The van der Waals surface area contributed by atoms with Gasteiger partial charge in [-0.2, -0.15) is 0 Å². The molecule has 2 atom stereocenters. The van der Waals surface area contributed by atoms with Crippen molar-refractivity contribution in [3.05, 3.63) is 0 Å². The molecule has 3 aliphatic rings. The van der Waals surface area contributed by atoms with E-state index in [0.717, 1.165) is 32.0 Å². The first-order chi connectivity index (χ1) is 11.0. The minimum absolute atomic E-state index is 0.256. The first-order valence-corrected chi connectivity index (χ1v) is 8.24. The van der Waals surface area contributed by atoms with E-state index in [0.29, 0.717) is 19.1 Å². The number of morpholine rings is 1. The highest BCUT2D eigenvalue weighted by Crippen LogP contribution is 2.26. The van der Waals surface area contributed by atoms with Gasteiger partial charge in [0, 0.05) is 26.7 Å². The Balaban J connectivity index is 1.87. The van der Waals surface area contributed by atoms with Crippen molar-refractivity contribution in [2.24, 2.45) is 10.9 Å². The number of carbonyl (C=O) groups excluding carboxylic acids is 2. The number of hydrogen-bond donors (Lipinski definition) is 1. The van der Waals surface area contributed by atoms with Gasteiger partial charge in [0.2, 0.25) is 0 Å². The predicted molar refractivity (Wildman–Crippen MR) is 84.9 cm³/mol. The number of hydrogen-bond acceptors (Lipinski definition) is 6. The van der Waals surface area contributed by atoms with Gasteiger partial charge in [-0.25, -0.2) is 9.79 Å². The van der Waals surface area contributed by atoms with Crippen LogP contribution in [-0.4, -0.2) is 84.7 Å². The maximum atomic E-state index is 12.4. The third-order valence-corrected chi connectivity index (χ3v) is 4.58. The number of nitrogens with zero attached hydrogens (tertiary/aromatic N) is 4. The molecule has 1 N–H and O–H groups in total. The molecule has 23 heavy (non-hydrogen) atoms. The molecule has 3 heterocycles. The number of ether oxygens (including phenoxy) is 1. The Kier molecular flexibility index (Phi) is 4.43. The highest BCUT2D eigenvalue weighted by atomic mass is 16.5. The zero-order chi connectivity index (χ0) is 16.6. The van der Waals surface area contributed by atoms with Gasteiger partial charge in [-0.1, -0.05) is 13.8 Å². The van der Waals surface area contributed by atoms with E-state index in [9.17, 15) is 9.59 Å². The molecule has 0 aromatic rings. The Morgan fingerprint density at radius 1 is 1.30 bits per heavy atom. The molecule has 0 aliphatic carbocycles. The van der Waals surface area contributed by atoms with Crippen molar-refractivity contribution in [1.29, 1.82) is 0 Å². The molecule has 8 heteroatoms. The first kappa shape index (κ1) is 16.0. The molecule has 3 aliphatic heterocycles. The highest BCUT2D eigenvalue weighted by Gasteiger charge is 2.49. The minimum atomic E-state index is -0.443. The average Bonchev–Trinajstić information content (AvgIpc) is 2.91. The van der Waals surface area contributed by atoms with E-state index in [4.69, 9.17) is 9.73 Å². The van der Waals surface area contributed by atoms with Crippen LogP contribution in [0.15, 0.2) is 4.99 Å². The summed E-state index contributed by atoms with van der Waals surface area (Å²) in [5, 5.41) is 2.43. The summed E-state index contributed by atoms with van der Waals surface area (Å²) in [6, 6.07) is -0.818. The lowest BCUT2D eigenvalue weighted by atomic mass is 10.1. The van der Waals surface area contributed by atoms with E-state index in [1.54, 1.807) is 7.05 Å². The molecule has 0 radical (unpaired) electrons. The Morgan fingerprint density at radius 2 is 2.00 bits per heavy atom. The number of guanidine groups is 1. The van der Waals surface area contributed by atoms with Crippen molar-refractivity contribution in [2.75, 3.05) is 39.9 Å². The summed E-state index contributed by atoms with van der Waals surface area (Å²) < 4.78 is 5.41. The second-order valence-corrected chi connectivity index (χ2v) is 6.67. The Labute approximate surface area is 136 Å². The Hall–Kier alpha value is -1.83. The normalized spacial score (nSPS) is 28.2. The van der Waals surface area contributed by atoms with Gasteiger partial charge in [-0.3, -0.25) is 10.1 Å². The number of aliphatic imine (C=N–C) groups is 1. The van der Waals surface area contributed by atoms with Crippen molar-refractivity contribution in [1.82, 2.24) is 20.0 Å². The van der Waals surface area contributed by atoms with E-state index >= 15 is 0 Å². The molecule has 8 nitrogen and oxygen atoms in total. The van der Waals surface area contributed by atoms with Gasteiger partial charge in [0.15, 0.2) is 18.2 Å². The van der Waals surface area contributed by atoms with E-state index in [1.165, 1.54) is 4.90 Å². The number of nitrogens with one attached hydrogen (secondary N) is 1.